The normalized spacial score (nSPS) is 21.7. The van der Waals surface area contributed by atoms with Crippen molar-refractivity contribution in [2.45, 2.75) is 64.7 Å². The number of aliphatic carboxylic acids is 1. The highest BCUT2D eigenvalue weighted by Crippen LogP contribution is 2.23. The number of carbonyl (C=O) groups is 1. The molecule has 0 aromatic carbocycles. The Labute approximate surface area is 98.7 Å². The standard InChI is InChI=1S/C14H24O2/c1-12(14(15)16)11-13-9-7-5-3-2-4-6-8-10-13/h11,13H,2-10H2,1H3,(H,15,16). The fraction of sp³-hybridized carbons (Fsp3) is 0.786. The summed E-state index contributed by atoms with van der Waals surface area (Å²) < 4.78 is 0. The molecule has 1 aliphatic carbocycles. The number of carboxylic acids is 1. The first-order valence-corrected chi connectivity index (χ1v) is 6.62. The largest absolute Gasteiger partial charge is 0.478 e. The second kappa shape index (κ2) is 7.48. The van der Waals surface area contributed by atoms with Crippen LogP contribution in [-0.2, 0) is 4.79 Å². The van der Waals surface area contributed by atoms with Gasteiger partial charge < -0.3 is 5.11 Å². The molecule has 1 N–H and O–H groups in total. The van der Waals surface area contributed by atoms with Gasteiger partial charge in [-0.3, -0.25) is 0 Å². The molecule has 0 aliphatic heterocycles. The lowest BCUT2D eigenvalue weighted by Crippen LogP contribution is -2.04. The monoisotopic (exact) mass is 224 g/mol. The van der Waals surface area contributed by atoms with Crippen molar-refractivity contribution in [3.05, 3.63) is 11.6 Å². The van der Waals surface area contributed by atoms with Gasteiger partial charge in [-0.15, -0.1) is 0 Å². The Balaban J connectivity index is 2.47. The van der Waals surface area contributed by atoms with Crippen LogP contribution in [0.4, 0.5) is 0 Å². The zero-order chi connectivity index (χ0) is 11.8. The Kier molecular flexibility index (Phi) is 6.20. The lowest BCUT2D eigenvalue weighted by molar-refractivity contribution is -0.132. The van der Waals surface area contributed by atoms with Crippen LogP contribution >= 0.6 is 0 Å². The minimum Gasteiger partial charge on any atom is -0.478 e. The summed E-state index contributed by atoms with van der Waals surface area (Å²) in [6, 6.07) is 0. The van der Waals surface area contributed by atoms with Crippen molar-refractivity contribution < 1.29 is 9.90 Å². The van der Waals surface area contributed by atoms with E-state index >= 15 is 0 Å². The predicted molar refractivity (Wildman–Crippen MR) is 66.4 cm³/mol. The first-order valence-electron chi connectivity index (χ1n) is 6.62. The molecular formula is C14H24O2. The van der Waals surface area contributed by atoms with Gasteiger partial charge in [-0.25, -0.2) is 4.79 Å². The average molecular weight is 224 g/mol. The highest BCUT2D eigenvalue weighted by molar-refractivity contribution is 5.85. The molecule has 0 spiro atoms. The van der Waals surface area contributed by atoms with E-state index < -0.39 is 5.97 Å². The summed E-state index contributed by atoms with van der Waals surface area (Å²) in [7, 11) is 0. The Morgan fingerprint density at radius 3 is 1.88 bits per heavy atom. The molecule has 0 aromatic rings. The van der Waals surface area contributed by atoms with Gasteiger partial charge in [-0.05, 0) is 25.7 Å². The van der Waals surface area contributed by atoms with Crippen LogP contribution < -0.4 is 0 Å². The van der Waals surface area contributed by atoms with Crippen molar-refractivity contribution >= 4 is 5.97 Å². The lowest BCUT2D eigenvalue weighted by Gasteiger charge is -2.15. The third kappa shape index (κ3) is 5.34. The van der Waals surface area contributed by atoms with Crippen LogP contribution in [0.15, 0.2) is 11.6 Å². The maximum absolute atomic E-state index is 10.8. The SMILES string of the molecule is CC(=CC1CCCCCCCCC1)C(=O)O. The van der Waals surface area contributed by atoms with E-state index in [4.69, 9.17) is 5.11 Å². The summed E-state index contributed by atoms with van der Waals surface area (Å²) in [6.07, 6.45) is 13.6. The Morgan fingerprint density at radius 1 is 1.00 bits per heavy atom. The van der Waals surface area contributed by atoms with Gasteiger partial charge in [0.25, 0.3) is 0 Å². The van der Waals surface area contributed by atoms with E-state index in [9.17, 15) is 4.79 Å². The molecule has 92 valence electrons. The maximum Gasteiger partial charge on any atom is 0.330 e. The summed E-state index contributed by atoms with van der Waals surface area (Å²) in [5.74, 6) is -0.272. The van der Waals surface area contributed by atoms with Crippen LogP contribution in [0.3, 0.4) is 0 Å². The van der Waals surface area contributed by atoms with E-state index in [2.05, 4.69) is 0 Å². The quantitative estimate of drug-likeness (QED) is 0.715. The molecule has 1 rings (SSSR count). The molecule has 0 bridgehead atoms. The van der Waals surface area contributed by atoms with Gasteiger partial charge >= 0.3 is 5.97 Å². The van der Waals surface area contributed by atoms with Crippen molar-refractivity contribution in [1.29, 1.82) is 0 Å². The van der Waals surface area contributed by atoms with Gasteiger partial charge in [-0.1, -0.05) is 51.0 Å². The fourth-order valence-electron chi connectivity index (χ4n) is 2.43. The second-order valence-electron chi connectivity index (χ2n) is 4.97. The predicted octanol–water partition coefficient (Wildman–Crippen LogP) is 4.16. The van der Waals surface area contributed by atoms with Crippen LogP contribution in [-0.4, -0.2) is 11.1 Å². The lowest BCUT2D eigenvalue weighted by atomic mass is 9.91. The van der Waals surface area contributed by atoms with E-state index in [0.717, 1.165) is 0 Å². The van der Waals surface area contributed by atoms with E-state index in [1.54, 1.807) is 6.92 Å². The third-order valence-electron chi connectivity index (χ3n) is 3.47. The minimum absolute atomic E-state index is 0.495. The summed E-state index contributed by atoms with van der Waals surface area (Å²) >= 11 is 0. The third-order valence-corrected chi connectivity index (χ3v) is 3.47. The summed E-state index contributed by atoms with van der Waals surface area (Å²) in [5, 5.41) is 8.87. The van der Waals surface area contributed by atoms with Gasteiger partial charge in [0.1, 0.15) is 0 Å². The second-order valence-corrected chi connectivity index (χ2v) is 4.97. The van der Waals surface area contributed by atoms with Gasteiger partial charge in [-0.2, -0.15) is 0 Å². The zero-order valence-corrected chi connectivity index (χ0v) is 10.4. The molecule has 16 heavy (non-hydrogen) atoms. The first-order chi connectivity index (χ1) is 7.70. The van der Waals surface area contributed by atoms with Crippen molar-refractivity contribution in [3.63, 3.8) is 0 Å². The molecule has 1 aliphatic rings. The average Bonchev–Trinajstić information content (AvgIpc) is 2.27. The van der Waals surface area contributed by atoms with Crippen LogP contribution in [0.1, 0.15) is 64.7 Å². The van der Waals surface area contributed by atoms with Crippen LogP contribution in [0, 0.1) is 5.92 Å². The van der Waals surface area contributed by atoms with Crippen LogP contribution in [0.25, 0.3) is 0 Å². The molecular weight excluding hydrogens is 200 g/mol. The van der Waals surface area contributed by atoms with Gasteiger partial charge in [0.05, 0.1) is 0 Å². The highest BCUT2D eigenvalue weighted by atomic mass is 16.4. The molecule has 2 nitrogen and oxygen atoms in total. The van der Waals surface area contributed by atoms with Gasteiger partial charge in [0.2, 0.25) is 0 Å². The maximum atomic E-state index is 10.8. The first kappa shape index (κ1) is 13.3. The van der Waals surface area contributed by atoms with Crippen molar-refractivity contribution in [1.82, 2.24) is 0 Å². The van der Waals surface area contributed by atoms with Gasteiger partial charge in [0, 0.05) is 5.57 Å². The Bertz CT molecular complexity index is 233. The molecule has 1 saturated carbocycles. The van der Waals surface area contributed by atoms with Crippen molar-refractivity contribution in [2.75, 3.05) is 0 Å². The molecule has 0 saturated heterocycles. The topological polar surface area (TPSA) is 37.3 Å². The van der Waals surface area contributed by atoms with Gasteiger partial charge in [0.15, 0.2) is 0 Å². The molecule has 0 radical (unpaired) electrons. The Morgan fingerprint density at radius 2 is 1.44 bits per heavy atom. The summed E-state index contributed by atoms with van der Waals surface area (Å²) in [6.45, 7) is 1.71. The summed E-state index contributed by atoms with van der Waals surface area (Å²) in [5.41, 5.74) is 0.516. The zero-order valence-electron chi connectivity index (χ0n) is 10.4. The van der Waals surface area contributed by atoms with Crippen LogP contribution in [0.2, 0.25) is 0 Å². The summed E-state index contributed by atoms with van der Waals surface area (Å²) in [4.78, 5) is 10.8. The number of allylic oxidation sites excluding steroid dienone is 1. The molecule has 0 unspecified atom stereocenters. The molecule has 0 heterocycles. The van der Waals surface area contributed by atoms with E-state index in [1.807, 2.05) is 6.08 Å². The number of rotatable bonds is 2. The fourth-order valence-corrected chi connectivity index (χ4v) is 2.43. The minimum atomic E-state index is -0.767. The molecule has 1 fully saturated rings. The van der Waals surface area contributed by atoms with E-state index in [-0.39, 0.29) is 0 Å². The number of carboxylic acid groups (broad SMARTS) is 1. The number of hydrogen-bond donors (Lipinski definition) is 1. The van der Waals surface area contributed by atoms with Crippen LogP contribution in [0.5, 0.6) is 0 Å². The Hall–Kier alpha value is -0.790. The van der Waals surface area contributed by atoms with Crippen molar-refractivity contribution in [3.8, 4) is 0 Å². The number of hydrogen-bond acceptors (Lipinski definition) is 1. The molecule has 0 aromatic heterocycles. The molecule has 0 atom stereocenters. The highest BCUT2D eigenvalue weighted by Gasteiger charge is 2.10. The van der Waals surface area contributed by atoms with E-state index in [0.29, 0.717) is 11.5 Å². The smallest absolute Gasteiger partial charge is 0.330 e. The molecule has 0 amide bonds. The van der Waals surface area contributed by atoms with Crippen molar-refractivity contribution in [2.24, 2.45) is 5.92 Å². The molecule has 2 heteroatoms. The van der Waals surface area contributed by atoms with E-state index in [1.165, 1.54) is 57.8 Å².